The van der Waals surface area contributed by atoms with E-state index in [4.69, 9.17) is 5.73 Å². The van der Waals surface area contributed by atoms with E-state index >= 15 is 0 Å². The zero-order valence-corrected chi connectivity index (χ0v) is 15.7. The first-order valence-electron chi connectivity index (χ1n) is 9.21. The second-order valence-electron chi connectivity index (χ2n) is 6.93. The average Bonchev–Trinajstić information content (AvgIpc) is 3.00. The van der Waals surface area contributed by atoms with Crippen LogP contribution in [0.15, 0.2) is 54.6 Å². The van der Waals surface area contributed by atoms with Crippen LogP contribution in [0.5, 0.6) is 0 Å². The summed E-state index contributed by atoms with van der Waals surface area (Å²) in [7, 11) is 0. The Hall–Kier alpha value is -3.28. The number of aryl methyl sites for hydroxylation is 1. The molecule has 0 unspecified atom stereocenters. The van der Waals surface area contributed by atoms with Crippen molar-refractivity contribution in [2.75, 3.05) is 0 Å². The van der Waals surface area contributed by atoms with E-state index in [1.165, 1.54) is 12.1 Å². The zero-order chi connectivity index (χ0) is 20.8. The first-order chi connectivity index (χ1) is 13.8. The van der Waals surface area contributed by atoms with Crippen molar-refractivity contribution in [2.24, 2.45) is 5.73 Å². The van der Waals surface area contributed by atoms with Gasteiger partial charge < -0.3 is 10.3 Å². The number of amides is 1. The minimum absolute atomic E-state index is 0.0128. The number of rotatable bonds is 4. The number of carbonyl (C=O) groups is 1. The molecule has 0 aliphatic rings. The van der Waals surface area contributed by atoms with E-state index in [9.17, 15) is 18.0 Å². The van der Waals surface area contributed by atoms with Gasteiger partial charge in [0.05, 0.1) is 16.6 Å². The zero-order valence-electron chi connectivity index (χ0n) is 15.7. The van der Waals surface area contributed by atoms with Crippen molar-refractivity contribution in [3.05, 3.63) is 82.9 Å². The van der Waals surface area contributed by atoms with Crippen LogP contribution in [0.3, 0.4) is 0 Å². The van der Waals surface area contributed by atoms with E-state index in [2.05, 4.69) is 6.07 Å². The fourth-order valence-electron chi connectivity index (χ4n) is 3.78. The highest BCUT2D eigenvalue weighted by Gasteiger charge is 2.33. The fraction of sp³-hybridized carbons (Fsp3) is 0.174. The van der Waals surface area contributed by atoms with Gasteiger partial charge in [0.1, 0.15) is 0 Å². The molecule has 3 aromatic carbocycles. The predicted octanol–water partition coefficient (Wildman–Crippen LogP) is 5.32. The number of nitrogens with two attached hydrogens (primary N) is 1. The Morgan fingerprint density at radius 1 is 1.10 bits per heavy atom. The van der Waals surface area contributed by atoms with Crippen molar-refractivity contribution in [1.29, 1.82) is 0 Å². The summed E-state index contributed by atoms with van der Waals surface area (Å²) in [5, 5.41) is 1.29. The normalized spacial score (nSPS) is 12.0. The average molecular weight is 395 g/mol. The van der Waals surface area contributed by atoms with Gasteiger partial charge in [-0.3, -0.25) is 4.79 Å². The van der Waals surface area contributed by atoms with E-state index in [1.54, 1.807) is 28.8 Å². The minimum atomic E-state index is -4.45. The van der Waals surface area contributed by atoms with E-state index in [0.717, 1.165) is 23.6 Å². The van der Waals surface area contributed by atoms with E-state index in [1.807, 2.05) is 19.1 Å². The molecule has 1 amide bonds. The minimum Gasteiger partial charge on any atom is -0.366 e. The Labute approximate surface area is 165 Å². The SMILES string of the molecule is CCc1c[c]c2c3c(C(N)=O)cccc3n(Cc3ccccc3C(F)(F)F)c2c1. The Balaban J connectivity index is 2.04. The molecule has 0 spiro atoms. The lowest BCUT2D eigenvalue weighted by Gasteiger charge is -2.15. The molecule has 0 saturated heterocycles. The third-order valence-electron chi connectivity index (χ3n) is 5.18. The van der Waals surface area contributed by atoms with Crippen molar-refractivity contribution < 1.29 is 18.0 Å². The summed E-state index contributed by atoms with van der Waals surface area (Å²) < 4.78 is 42.4. The lowest BCUT2D eigenvalue weighted by Crippen LogP contribution is -2.12. The lowest BCUT2D eigenvalue weighted by atomic mass is 10.0. The van der Waals surface area contributed by atoms with E-state index in [-0.39, 0.29) is 12.1 Å². The summed E-state index contributed by atoms with van der Waals surface area (Å²) in [6.45, 7) is 2.01. The molecule has 1 aromatic heterocycles. The highest BCUT2D eigenvalue weighted by atomic mass is 19.4. The highest BCUT2D eigenvalue weighted by Crippen LogP contribution is 2.36. The molecule has 0 bridgehead atoms. The molecule has 29 heavy (non-hydrogen) atoms. The first kappa shape index (κ1) is 19.1. The van der Waals surface area contributed by atoms with Crippen LogP contribution in [0, 0.1) is 6.07 Å². The maximum absolute atomic E-state index is 13.5. The van der Waals surface area contributed by atoms with Gasteiger partial charge in [0.25, 0.3) is 0 Å². The Morgan fingerprint density at radius 2 is 1.86 bits per heavy atom. The summed E-state index contributed by atoms with van der Waals surface area (Å²) in [4.78, 5) is 12.0. The van der Waals surface area contributed by atoms with Crippen molar-refractivity contribution in [1.82, 2.24) is 4.57 Å². The van der Waals surface area contributed by atoms with Crippen molar-refractivity contribution in [3.8, 4) is 0 Å². The third kappa shape index (κ3) is 3.24. The van der Waals surface area contributed by atoms with E-state index < -0.39 is 17.6 Å². The number of aromatic nitrogens is 1. The van der Waals surface area contributed by atoms with Crippen LogP contribution < -0.4 is 5.73 Å². The molecule has 147 valence electrons. The molecule has 1 radical (unpaired) electrons. The van der Waals surface area contributed by atoms with Crippen LogP contribution >= 0.6 is 0 Å². The maximum atomic E-state index is 13.5. The van der Waals surface area contributed by atoms with Crippen LogP contribution in [0.25, 0.3) is 21.8 Å². The van der Waals surface area contributed by atoms with Gasteiger partial charge in [-0.25, -0.2) is 0 Å². The summed E-state index contributed by atoms with van der Waals surface area (Å²) in [5.41, 5.74) is 7.76. The predicted molar refractivity (Wildman–Crippen MR) is 107 cm³/mol. The monoisotopic (exact) mass is 395 g/mol. The third-order valence-corrected chi connectivity index (χ3v) is 5.18. The smallest absolute Gasteiger partial charge is 0.366 e. The lowest BCUT2D eigenvalue weighted by molar-refractivity contribution is -0.138. The number of carbonyl (C=O) groups excluding carboxylic acids is 1. The van der Waals surface area contributed by atoms with Gasteiger partial charge in [-0.1, -0.05) is 37.3 Å². The molecule has 0 aliphatic heterocycles. The summed E-state index contributed by atoms with van der Waals surface area (Å²) in [6, 6.07) is 17.6. The van der Waals surface area contributed by atoms with E-state index in [0.29, 0.717) is 21.9 Å². The Morgan fingerprint density at radius 3 is 2.55 bits per heavy atom. The number of hydrogen-bond acceptors (Lipinski definition) is 1. The number of benzene rings is 3. The number of hydrogen-bond donors (Lipinski definition) is 1. The van der Waals surface area contributed by atoms with Gasteiger partial charge >= 0.3 is 6.18 Å². The second kappa shape index (κ2) is 6.95. The van der Waals surface area contributed by atoms with Gasteiger partial charge in [0.2, 0.25) is 5.91 Å². The van der Waals surface area contributed by atoms with Crippen LogP contribution in [0.4, 0.5) is 13.2 Å². The Kier molecular flexibility index (Phi) is 4.57. The number of halogens is 3. The number of primary amides is 1. The molecular weight excluding hydrogens is 377 g/mol. The largest absolute Gasteiger partial charge is 0.416 e. The summed E-state index contributed by atoms with van der Waals surface area (Å²) in [5.74, 6) is -0.585. The summed E-state index contributed by atoms with van der Waals surface area (Å²) in [6.07, 6.45) is -3.69. The molecular formula is C23H18F3N2O. The maximum Gasteiger partial charge on any atom is 0.416 e. The standard InChI is InChI=1S/C23H18F3N2O/c1-2-14-10-11-16-20(12-14)28(19-9-5-7-17(21(16)19)22(27)29)13-15-6-3-4-8-18(15)23(24,25)26/h3-10,12H,2,13H2,1H3,(H2,27,29). The fourth-order valence-corrected chi connectivity index (χ4v) is 3.78. The van der Waals surface area contributed by atoms with Gasteiger partial charge in [-0.05, 0) is 47.9 Å². The molecule has 0 saturated carbocycles. The number of nitrogens with zero attached hydrogens (tertiary/aromatic N) is 1. The first-order valence-corrected chi connectivity index (χ1v) is 9.21. The van der Waals surface area contributed by atoms with Gasteiger partial charge in [0, 0.05) is 22.9 Å². The quantitative estimate of drug-likeness (QED) is 0.499. The molecule has 4 rings (SSSR count). The van der Waals surface area contributed by atoms with Crippen molar-refractivity contribution in [3.63, 3.8) is 0 Å². The molecule has 3 nitrogen and oxygen atoms in total. The molecule has 1 heterocycles. The van der Waals surface area contributed by atoms with Crippen LogP contribution in [-0.2, 0) is 19.1 Å². The van der Waals surface area contributed by atoms with Crippen LogP contribution in [-0.4, -0.2) is 10.5 Å². The van der Waals surface area contributed by atoms with Crippen LogP contribution in [0.1, 0.15) is 34.0 Å². The highest BCUT2D eigenvalue weighted by molar-refractivity contribution is 6.17. The Bertz CT molecular complexity index is 1240. The van der Waals surface area contributed by atoms with Crippen molar-refractivity contribution >= 4 is 27.7 Å². The van der Waals surface area contributed by atoms with Crippen molar-refractivity contribution in [2.45, 2.75) is 26.1 Å². The molecule has 6 heteroatoms. The van der Waals surface area contributed by atoms with Crippen LogP contribution in [0.2, 0.25) is 0 Å². The van der Waals surface area contributed by atoms with Gasteiger partial charge in [0.15, 0.2) is 0 Å². The molecule has 0 fully saturated rings. The number of fused-ring (bicyclic) bond motifs is 3. The molecule has 0 atom stereocenters. The molecule has 4 aromatic rings. The molecule has 2 N–H and O–H groups in total. The number of alkyl halides is 3. The molecule has 0 aliphatic carbocycles. The topological polar surface area (TPSA) is 48.0 Å². The van der Waals surface area contributed by atoms with Gasteiger partial charge in [-0.15, -0.1) is 0 Å². The second-order valence-corrected chi connectivity index (χ2v) is 6.93. The van der Waals surface area contributed by atoms with Gasteiger partial charge in [-0.2, -0.15) is 13.2 Å². The summed E-state index contributed by atoms with van der Waals surface area (Å²) >= 11 is 0.